The molecule has 0 bridgehead atoms. The second kappa shape index (κ2) is 6.41. The van der Waals surface area contributed by atoms with E-state index in [0.717, 1.165) is 16.3 Å². The van der Waals surface area contributed by atoms with Crippen molar-refractivity contribution in [3.8, 4) is 11.4 Å². The van der Waals surface area contributed by atoms with E-state index in [-0.39, 0.29) is 5.82 Å². The smallest absolute Gasteiger partial charge is 0.216 e. The molecule has 0 saturated carbocycles. The van der Waals surface area contributed by atoms with Crippen LogP contribution in [0.15, 0.2) is 71.8 Å². The van der Waals surface area contributed by atoms with Gasteiger partial charge in [-0.2, -0.15) is 14.9 Å². The second-order valence-corrected chi connectivity index (χ2v) is 5.84. The maximum Gasteiger partial charge on any atom is 0.216 e. The number of hydrogen-bond donors (Lipinski definition) is 1. The number of aromatic nitrogens is 3. The third-order valence-corrected chi connectivity index (χ3v) is 4.17. The van der Waals surface area contributed by atoms with Crippen molar-refractivity contribution in [1.29, 1.82) is 0 Å². The molecule has 0 fully saturated rings. The van der Waals surface area contributed by atoms with Crippen LogP contribution in [0.5, 0.6) is 0 Å². The number of halogens is 1. The van der Waals surface area contributed by atoms with Gasteiger partial charge in [0.05, 0.1) is 11.8 Å². The molecule has 0 saturated heterocycles. The van der Waals surface area contributed by atoms with Gasteiger partial charge in [-0.15, -0.1) is 0 Å². The summed E-state index contributed by atoms with van der Waals surface area (Å²) in [5.41, 5.74) is 1.28. The van der Waals surface area contributed by atoms with E-state index in [1.54, 1.807) is 24.4 Å². The molecule has 25 heavy (non-hydrogen) atoms. The summed E-state index contributed by atoms with van der Waals surface area (Å²) in [7, 11) is 0. The van der Waals surface area contributed by atoms with E-state index >= 15 is 0 Å². The van der Waals surface area contributed by atoms with E-state index in [1.807, 2.05) is 42.5 Å². The number of hydrogen-bond acceptors (Lipinski definition) is 3. The number of benzene rings is 3. The van der Waals surface area contributed by atoms with Gasteiger partial charge in [-0.3, -0.25) is 0 Å². The van der Waals surface area contributed by atoms with Gasteiger partial charge in [-0.1, -0.05) is 54.6 Å². The van der Waals surface area contributed by atoms with Crippen LogP contribution in [0.3, 0.4) is 0 Å². The quantitative estimate of drug-likeness (QED) is 0.428. The van der Waals surface area contributed by atoms with Crippen LogP contribution in [0.2, 0.25) is 0 Å². The van der Waals surface area contributed by atoms with E-state index in [9.17, 15) is 4.39 Å². The van der Waals surface area contributed by atoms with E-state index in [2.05, 4.69) is 15.3 Å². The number of nitrogens with zero attached hydrogens (tertiary/aromatic N) is 3. The van der Waals surface area contributed by atoms with E-state index in [1.165, 1.54) is 10.7 Å². The zero-order valence-electron chi connectivity index (χ0n) is 13.1. The molecule has 0 aliphatic rings. The van der Waals surface area contributed by atoms with Gasteiger partial charge in [0.1, 0.15) is 5.82 Å². The lowest BCUT2D eigenvalue weighted by Crippen LogP contribution is -1.97. The molecule has 0 unspecified atom stereocenters. The van der Waals surface area contributed by atoms with Crippen molar-refractivity contribution >= 4 is 29.2 Å². The largest absolute Gasteiger partial charge is 0.250 e. The van der Waals surface area contributed by atoms with Crippen molar-refractivity contribution in [2.24, 2.45) is 5.10 Å². The van der Waals surface area contributed by atoms with Crippen LogP contribution < -0.4 is 0 Å². The van der Waals surface area contributed by atoms with Crippen LogP contribution in [0.1, 0.15) is 5.56 Å². The summed E-state index contributed by atoms with van der Waals surface area (Å²) >= 11 is 5.24. The molecule has 122 valence electrons. The molecule has 4 rings (SSSR count). The molecule has 1 N–H and O–H groups in total. The first-order valence-electron chi connectivity index (χ1n) is 7.68. The van der Waals surface area contributed by atoms with Crippen LogP contribution in [-0.2, 0) is 0 Å². The average molecular weight is 348 g/mol. The van der Waals surface area contributed by atoms with Crippen LogP contribution in [0, 0.1) is 10.6 Å². The lowest BCUT2D eigenvalue weighted by Gasteiger charge is -2.03. The molecule has 0 atom stereocenters. The number of nitrogens with one attached hydrogen (secondary N) is 1. The van der Waals surface area contributed by atoms with Gasteiger partial charge in [0, 0.05) is 5.56 Å². The molecule has 6 heteroatoms. The minimum absolute atomic E-state index is 0.301. The van der Waals surface area contributed by atoms with Gasteiger partial charge < -0.3 is 0 Å². The first-order chi connectivity index (χ1) is 12.2. The standard InChI is InChI=1S/C19H13FN4S/c20-17-11-4-3-10-16(17)18-22-23-19(25)24(18)21-12-14-8-5-7-13-6-1-2-9-15(13)14/h1-12H,(H,23,25)/b21-12-. The zero-order chi connectivity index (χ0) is 17.2. The molecule has 1 heterocycles. The Bertz CT molecular complexity index is 1140. The predicted molar refractivity (Wildman–Crippen MR) is 99.7 cm³/mol. The number of H-pyrrole nitrogens is 1. The Morgan fingerprint density at radius 2 is 1.76 bits per heavy atom. The van der Waals surface area contributed by atoms with Crippen molar-refractivity contribution in [1.82, 2.24) is 14.9 Å². The van der Waals surface area contributed by atoms with Gasteiger partial charge in [0.25, 0.3) is 0 Å². The van der Waals surface area contributed by atoms with Crippen LogP contribution in [0.25, 0.3) is 22.2 Å². The van der Waals surface area contributed by atoms with Crippen molar-refractivity contribution in [3.05, 3.63) is 82.9 Å². The minimum atomic E-state index is -0.377. The summed E-state index contributed by atoms with van der Waals surface area (Å²) in [6.07, 6.45) is 1.71. The Morgan fingerprint density at radius 1 is 1.00 bits per heavy atom. The molecule has 1 aromatic heterocycles. The minimum Gasteiger partial charge on any atom is -0.250 e. The molecule has 0 aliphatic carbocycles. The Kier molecular flexibility index (Phi) is 3.95. The highest BCUT2D eigenvalue weighted by Crippen LogP contribution is 2.21. The summed E-state index contributed by atoms with van der Waals surface area (Å²) in [5, 5.41) is 13.4. The van der Waals surface area contributed by atoms with Crippen LogP contribution >= 0.6 is 12.2 Å². The molecule has 0 spiro atoms. The fourth-order valence-electron chi connectivity index (χ4n) is 2.70. The van der Waals surface area contributed by atoms with Gasteiger partial charge in [-0.25, -0.2) is 9.49 Å². The first-order valence-corrected chi connectivity index (χ1v) is 8.09. The summed E-state index contributed by atoms with van der Waals surface area (Å²) < 4.78 is 15.8. The van der Waals surface area contributed by atoms with Crippen molar-refractivity contribution < 1.29 is 4.39 Å². The van der Waals surface area contributed by atoms with Crippen LogP contribution in [-0.4, -0.2) is 21.1 Å². The van der Waals surface area contributed by atoms with E-state index in [4.69, 9.17) is 12.2 Å². The normalized spacial score (nSPS) is 11.4. The molecule has 3 aromatic carbocycles. The zero-order valence-corrected chi connectivity index (χ0v) is 13.9. The topological polar surface area (TPSA) is 46.0 Å². The maximum absolute atomic E-state index is 14.1. The van der Waals surface area contributed by atoms with E-state index < -0.39 is 0 Å². The molecular formula is C19H13FN4S. The molecule has 0 aliphatic heterocycles. The summed E-state index contributed by atoms with van der Waals surface area (Å²) in [6.45, 7) is 0. The highest BCUT2D eigenvalue weighted by molar-refractivity contribution is 7.71. The summed E-state index contributed by atoms with van der Waals surface area (Å²) in [5.74, 6) is -0.0438. The number of rotatable bonds is 3. The van der Waals surface area contributed by atoms with Gasteiger partial charge >= 0.3 is 0 Å². The van der Waals surface area contributed by atoms with Gasteiger partial charge in [-0.05, 0) is 35.1 Å². The highest BCUT2D eigenvalue weighted by Gasteiger charge is 2.12. The third-order valence-electron chi connectivity index (χ3n) is 3.90. The number of aromatic amines is 1. The second-order valence-electron chi connectivity index (χ2n) is 5.46. The Balaban J connectivity index is 1.82. The lowest BCUT2D eigenvalue weighted by molar-refractivity contribution is 0.628. The Morgan fingerprint density at radius 3 is 2.64 bits per heavy atom. The highest BCUT2D eigenvalue weighted by atomic mass is 32.1. The van der Waals surface area contributed by atoms with Crippen molar-refractivity contribution in [2.75, 3.05) is 0 Å². The maximum atomic E-state index is 14.1. The van der Waals surface area contributed by atoms with Gasteiger partial charge in [0.2, 0.25) is 4.77 Å². The number of fused-ring (bicyclic) bond motifs is 1. The Labute approximate surface area is 148 Å². The molecule has 4 aromatic rings. The van der Waals surface area contributed by atoms with Crippen molar-refractivity contribution in [2.45, 2.75) is 0 Å². The molecule has 0 amide bonds. The molecule has 4 nitrogen and oxygen atoms in total. The monoisotopic (exact) mass is 348 g/mol. The fourth-order valence-corrected chi connectivity index (χ4v) is 2.88. The molecule has 0 radical (unpaired) electrons. The fraction of sp³-hybridized carbons (Fsp3) is 0. The summed E-state index contributed by atoms with van der Waals surface area (Å²) in [6, 6.07) is 20.4. The van der Waals surface area contributed by atoms with Crippen LogP contribution in [0.4, 0.5) is 4.39 Å². The third kappa shape index (κ3) is 2.88. The molecular weight excluding hydrogens is 335 g/mol. The predicted octanol–water partition coefficient (Wildman–Crippen LogP) is 4.78. The first kappa shape index (κ1) is 15.4. The van der Waals surface area contributed by atoms with E-state index in [0.29, 0.717) is 16.2 Å². The lowest BCUT2D eigenvalue weighted by atomic mass is 10.1. The van der Waals surface area contributed by atoms with Gasteiger partial charge in [0.15, 0.2) is 5.82 Å². The SMILES string of the molecule is Fc1ccccc1-c1n[nH]c(=S)n1/N=C\c1cccc2ccccc12. The van der Waals surface area contributed by atoms with Crippen molar-refractivity contribution in [3.63, 3.8) is 0 Å². The average Bonchev–Trinajstić information content (AvgIpc) is 3.01. The Hall–Kier alpha value is -3.12. The summed E-state index contributed by atoms with van der Waals surface area (Å²) in [4.78, 5) is 0.